The van der Waals surface area contributed by atoms with E-state index in [0.717, 1.165) is 0 Å². The molecule has 2 aromatic rings. The molecule has 0 radical (unpaired) electrons. The predicted molar refractivity (Wildman–Crippen MR) is 87.0 cm³/mol. The Bertz CT molecular complexity index is 741. The summed E-state index contributed by atoms with van der Waals surface area (Å²) in [6, 6.07) is 9.34. The molecule has 1 fully saturated rings. The van der Waals surface area contributed by atoms with Gasteiger partial charge in [-0.1, -0.05) is 12.1 Å². The van der Waals surface area contributed by atoms with Gasteiger partial charge in [-0.25, -0.2) is 0 Å². The van der Waals surface area contributed by atoms with Gasteiger partial charge in [-0.2, -0.15) is 0 Å². The Morgan fingerprint density at radius 2 is 1.83 bits per heavy atom. The monoisotopic (exact) mass is 326 g/mol. The van der Waals surface area contributed by atoms with Gasteiger partial charge in [0.1, 0.15) is 22.8 Å². The number of Topliss-reactive ketones (excluding diaryl/α,β-unsaturated/α-hetero) is 1. The fourth-order valence-corrected chi connectivity index (χ4v) is 3.00. The zero-order chi connectivity index (χ0) is 17.1. The highest BCUT2D eigenvalue weighted by Gasteiger charge is 2.31. The van der Waals surface area contributed by atoms with Crippen molar-refractivity contribution in [2.24, 2.45) is 5.92 Å². The molecule has 1 atom stereocenters. The minimum Gasteiger partial charge on any atom is -0.507 e. The lowest BCUT2D eigenvalue weighted by atomic mass is 9.91. The third-order valence-corrected chi connectivity index (χ3v) is 4.23. The number of phenols is 2. The molecule has 0 spiro atoms. The van der Waals surface area contributed by atoms with Crippen molar-refractivity contribution in [3.8, 4) is 11.5 Å². The lowest BCUT2D eigenvalue weighted by Gasteiger charge is -2.32. The summed E-state index contributed by atoms with van der Waals surface area (Å²) in [6.45, 7) is 0.737. The van der Waals surface area contributed by atoms with Gasteiger partial charge in [0.05, 0.1) is 0 Å². The second-order valence-electron chi connectivity index (χ2n) is 5.84. The van der Waals surface area contributed by atoms with E-state index in [1.54, 1.807) is 24.4 Å². The van der Waals surface area contributed by atoms with Crippen LogP contribution in [0.2, 0.25) is 0 Å². The van der Waals surface area contributed by atoms with Gasteiger partial charge >= 0.3 is 0 Å². The summed E-state index contributed by atoms with van der Waals surface area (Å²) in [5.41, 5.74) is 0.269. The standard InChI is InChI=1S/C18H18N2O4/c21-14-7-3-8-15(22)16(14)18(24)20-10-4-5-12(11-20)17(23)13-6-1-2-9-19-13/h1-3,6-9,12,21-22H,4-5,10-11H2. The second kappa shape index (κ2) is 6.70. The number of piperidine rings is 1. The number of carbonyl (C=O) groups excluding carboxylic acids is 2. The summed E-state index contributed by atoms with van der Waals surface area (Å²) in [4.78, 5) is 30.7. The van der Waals surface area contributed by atoms with E-state index < -0.39 is 5.91 Å². The zero-order valence-electron chi connectivity index (χ0n) is 13.1. The number of rotatable bonds is 3. The minimum absolute atomic E-state index is 0.0883. The van der Waals surface area contributed by atoms with Crippen molar-refractivity contribution in [3.63, 3.8) is 0 Å². The van der Waals surface area contributed by atoms with Crippen LogP contribution in [0, 0.1) is 5.92 Å². The Morgan fingerprint density at radius 1 is 1.08 bits per heavy atom. The van der Waals surface area contributed by atoms with E-state index in [0.29, 0.717) is 25.1 Å². The first-order valence-electron chi connectivity index (χ1n) is 7.83. The quantitative estimate of drug-likeness (QED) is 0.844. The van der Waals surface area contributed by atoms with Crippen molar-refractivity contribution in [1.29, 1.82) is 0 Å². The Balaban J connectivity index is 1.78. The maximum absolute atomic E-state index is 12.6. The molecule has 0 bridgehead atoms. The maximum Gasteiger partial charge on any atom is 0.261 e. The normalized spacial score (nSPS) is 17.5. The molecule has 2 heterocycles. The average Bonchev–Trinajstić information content (AvgIpc) is 2.61. The van der Waals surface area contributed by atoms with E-state index in [2.05, 4.69) is 4.98 Å². The van der Waals surface area contributed by atoms with Crippen molar-refractivity contribution < 1.29 is 19.8 Å². The number of aromatic hydroxyl groups is 2. The average molecular weight is 326 g/mol. The van der Waals surface area contributed by atoms with Crippen LogP contribution >= 0.6 is 0 Å². The van der Waals surface area contributed by atoms with Crippen LogP contribution in [0.25, 0.3) is 0 Å². The van der Waals surface area contributed by atoms with Crippen LogP contribution in [0.1, 0.15) is 33.7 Å². The summed E-state index contributed by atoms with van der Waals surface area (Å²) < 4.78 is 0. The van der Waals surface area contributed by atoms with Crippen LogP contribution in [-0.4, -0.2) is 44.9 Å². The summed E-state index contributed by atoms with van der Waals surface area (Å²) in [5.74, 6) is -1.42. The number of benzene rings is 1. The molecule has 124 valence electrons. The molecule has 1 amide bonds. The van der Waals surface area contributed by atoms with E-state index in [9.17, 15) is 19.8 Å². The number of hydrogen-bond acceptors (Lipinski definition) is 5. The molecule has 6 nitrogen and oxygen atoms in total. The number of amides is 1. The van der Waals surface area contributed by atoms with Crippen LogP contribution < -0.4 is 0 Å². The number of likely N-dealkylation sites (tertiary alicyclic amines) is 1. The van der Waals surface area contributed by atoms with Gasteiger partial charge in [-0.3, -0.25) is 14.6 Å². The molecular weight excluding hydrogens is 308 g/mol. The summed E-state index contributed by atoms with van der Waals surface area (Å²) in [6.07, 6.45) is 2.94. The van der Waals surface area contributed by atoms with Crippen LogP contribution in [0.15, 0.2) is 42.6 Å². The minimum atomic E-state index is -0.468. The number of ketones is 1. The SMILES string of the molecule is O=C(c1ccccn1)C1CCCN(C(=O)c2c(O)cccc2O)C1. The topological polar surface area (TPSA) is 90.7 Å². The largest absolute Gasteiger partial charge is 0.507 e. The molecule has 3 rings (SSSR count). The van der Waals surface area contributed by atoms with Gasteiger partial charge in [-0.15, -0.1) is 0 Å². The highest BCUT2D eigenvalue weighted by molar-refractivity contribution is 6.00. The molecule has 24 heavy (non-hydrogen) atoms. The smallest absolute Gasteiger partial charge is 0.261 e. The molecule has 1 aliphatic rings. The van der Waals surface area contributed by atoms with Crippen molar-refractivity contribution in [2.75, 3.05) is 13.1 Å². The van der Waals surface area contributed by atoms with E-state index in [-0.39, 0.29) is 35.3 Å². The van der Waals surface area contributed by atoms with Crippen molar-refractivity contribution in [1.82, 2.24) is 9.88 Å². The molecule has 1 saturated heterocycles. The van der Waals surface area contributed by atoms with Crippen LogP contribution in [0.4, 0.5) is 0 Å². The summed E-state index contributed by atoms with van der Waals surface area (Å²) >= 11 is 0. The lowest BCUT2D eigenvalue weighted by Crippen LogP contribution is -2.42. The molecule has 2 N–H and O–H groups in total. The summed E-state index contributed by atoms with van der Waals surface area (Å²) in [5, 5.41) is 19.7. The number of nitrogens with zero attached hydrogens (tertiary/aromatic N) is 2. The molecule has 0 aliphatic carbocycles. The third kappa shape index (κ3) is 3.08. The van der Waals surface area contributed by atoms with E-state index >= 15 is 0 Å². The second-order valence-corrected chi connectivity index (χ2v) is 5.84. The summed E-state index contributed by atoms with van der Waals surface area (Å²) in [7, 11) is 0. The Morgan fingerprint density at radius 3 is 2.50 bits per heavy atom. The fourth-order valence-electron chi connectivity index (χ4n) is 3.00. The highest BCUT2D eigenvalue weighted by Crippen LogP contribution is 2.30. The molecule has 0 saturated carbocycles. The molecule has 1 aromatic heterocycles. The van der Waals surface area contributed by atoms with E-state index in [4.69, 9.17) is 0 Å². The van der Waals surface area contributed by atoms with Crippen LogP contribution in [-0.2, 0) is 0 Å². The predicted octanol–water partition coefficient (Wildman–Crippen LogP) is 2.23. The Kier molecular flexibility index (Phi) is 4.46. The zero-order valence-corrected chi connectivity index (χ0v) is 13.1. The number of pyridine rings is 1. The third-order valence-electron chi connectivity index (χ3n) is 4.23. The molecule has 1 unspecified atom stereocenters. The van der Waals surface area contributed by atoms with Crippen LogP contribution in [0.5, 0.6) is 11.5 Å². The van der Waals surface area contributed by atoms with E-state index in [1.165, 1.54) is 23.1 Å². The van der Waals surface area contributed by atoms with Crippen molar-refractivity contribution in [2.45, 2.75) is 12.8 Å². The Labute approximate surface area is 139 Å². The first-order chi connectivity index (χ1) is 11.6. The molecular formula is C18H18N2O4. The van der Waals surface area contributed by atoms with Gasteiger partial charge < -0.3 is 15.1 Å². The first kappa shape index (κ1) is 16.0. The number of hydrogen-bond donors (Lipinski definition) is 2. The van der Waals surface area contributed by atoms with Crippen molar-refractivity contribution >= 4 is 11.7 Å². The van der Waals surface area contributed by atoms with Gasteiger partial charge in [-0.05, 0) is 37.1 Å². The lowest BCUT2D eigenvalue weighted by molar-refractivity contribution is 0.0631. The fraction of sp³-hybridized carbons (Fsp3) is 0.278. The molecule has 1 aromatic carbocycles. The van der Waals surface area contributed by atoms with Crippen molar-refractivity contribution in [3.05, 3.63) is 53.9 Å². The molecule has 1 aliphatic heterocycles. The number of carbonyl (C=O) groups is 2. The van der Waals surface area contributed by atoms with Gasteiger partial charge in [0.15, 0.2) is 5.78 Å². The number of phenolic OH excluding ortho intramolecular Hbond substituents is 2. The Hall–Kier alpha value is -2.89. The molecule has 6 heteroatoms. The van der Waals surface area contributed by atoms with Gasteiger partial charge in [0.2, 0.25) is 0 Å². The number of aromatic nitrogens is 1. The van der Waals surface area contributed by atoms with Crippen LogP contribution in [0.3, 0.4) is 0 Å². The van der Waals surface area contributed by atoms with Gasteiger partial charge in [0.25, 0.3) is 5.91 Å². The first-order valence-corrected chi connectivity index (χ1v) is 7.83. The highest BCUT2D eigenvalue weighted by atomic mass is 16.3. The maximum atomic E-state index is 12.6. The van der Waals surface area contributed by atoms with Gasteiger partial charge in [0, 0.05) is 25.2 Å². The van der Waals surface area contributed by atoms with E-state index in [1.807, 2.05) is 0 Å².